The first-order valence-electron chi connectivity index (χ1n) is 4.29. The number of carbonyl (C=O) groups is 1. The van der Waals surface area contributed by atoms with Gasteiger partial charge in [-0.25, -0.2) is 0 Å². The van der Waals surface area contributed by atoms with E-state index in [0.717, 1.165) is 5.75 Å². The molecule has 0 aliphatic rings. The highest BCUT2D eigenvalue weighted by atomic mass is 32.2. The van der Waals surface area contributed by atoms with Crippen LogP contribution in [0.2, 0.25) is 0 Å². The molecular weight excluding hydrogens is 202 g/mol. The molecule has 0 saturated heterocycles. The minimum absolute atomic E-state index is 0.0705. The monoisotopic (exact) mass is 219 g/mol. The maximum atomic E-state index is 11.4. The lowest BCUT2D eigenvalue weighted by Gasteiger charge is -2.15. The van der Waals surface area contributed by atoms with Crippen molar-refractivity contribution < 1.29 is 10.0 Å². The first-order chi connectivity index (χ1) is 6.52. The van der Waals surface area contributed by atoms with E-state index >= 15 is 0 Å². The van der Waals surface area contributed by atoms with Gasteiger partial charge in [-0.3, -0.25) is 4.79 Å². The summed E-state index contributed by atoms with van der Waals surface area (Å²) in [5, 5.41) is 13.9. The first-order valence-corrected chi connectivity index (χ1v) is 5.69. The third-order valence-electron chi connectivity index (χ3n) is 1.76. The molecule has 1 amide bonds. The highest BCUT2D eigenvalue weighted by Gasteiger charge is 2.18. The van der Waals surface area contributed by atoms with Crippen LogP contribution in [-0.4, -0.2) is 35.0 Å². The number of carbonyl (C=O) groups excluding carboxylic acids is 1. The van der Waals surface area contributed by atoms with Crippen LogP contribution in [0.5, 0.6) is 0 Å². The van der Waals surface area contributed by atoms with Crippen LogP contribution in [0.15, 0.2) is 5.16 Å². The number of nitrogens with zero attached hydrogens (tertiary/aromatic N) is 1. The highest BCUT2D eigenvalue weighted by molar-refractivity contribution is 7.98. The Labute approximate surface area is 88.1 Å². The smallest absolute Gasteiger partial charge is 0.230 e. The van der Waals surface area contributed by atoms with Crippen molar-refractivity contribution in [1.82, 2.24) is 5.32 Å². The Morgan fingerprint density at radius 1 is 1.64 bits per heavy atom. The largest absolute Gasteiger partial charge is 0.409 e. The summed E-state index contributed by atoms with van der Waals surface area (Å²) in [6.07, 6.45) is 1.97. The van der Waals surface area contributed by atoms with Gasteiger partial charge in [-0.05, 0) is 20.1 Å². The Kier molecular flexibility index (Phi) is 6.11. The highest BCUT2D eigenvalue weighted by Crippen LogP contribution is 1.99. The predicted molar refractivity (Wildman–Crippen MR) is 58.6 cm³/mol. The van der Waals surface area contributed by atoms with Gasteiger partial charge in [0.05, 0.1) is 5.92 Å². The SMILES string of the molecule is CSCC(C)NC(=O)C(C)C(N)=NO. The molecule has 0 aromatic carbocycles. The molecule has 6 heteroatoms. The topological polar surface area (TPSA) is 87.7 Å². The summed E-state index contributed by atoms with van der Waals surface area (Å²) < 4.78 is 0. The minimum Gasteiger partial charge on any atom is -0.409 e. The van der Waals surface area contributed by atoms with E-state index < -0.39 is 5.92 Å². The fraction of sp³-hybridized carbons (Fsp3) is 0.750. The molecule has 0 bridgehead atoms. The predicted octanol–water partition coefficient (Wildman–Crippen LogP) is 0.237. The third kappa shape index (κ3) is 4.36. The lowest BCUT2D eigenvalue weighted by Crippen LogP contribution is -2.42. The molecule has 4 N–H and O–H groups in total. The standard InChI is InChI=1S/C8H17N3O2S/c1-5(4-14-3)10-8(12)6(2)7(9)11-13/h5-6,13H,4H2,1-3H3,(H2,9,11)(H,10,12). The lowest BCUT2D eigenvalue weighted by atomic mass is 10.1. The van der Waals surface area contributed by atoms with Crippen LogP contribution in [0.3, 0.4) is 0 Å². The van der Waals surface area contributed by atoms with Gasteiger partial charge in [-0.1, -0.05) is 5.16 Å². The Morgan fingerprint density at radius 3 is 2.64 bits per heavy atom. The second-order valence-corrected chi connectivity index (χ2v) is 4.02. The van der Waals surface area contributed by atoms with Gasteiger partial charge in [0.2, 0.25) is 5.91 Å². The minimum atomic E-state index is -0.593. The van der Waals surface area contributed by atoms with Crippen molar-refractivity contribution in [3.8, 4) is 0 Å². The van der Waals surface area contributed by atoms with Crippen LogP contribution >= 0.6 is 11.8 Å². The quantitative estimate of drug-likeness (QED) is 0.267. The Balaban J connectivity index is 4.08. The number of nitrogens with two attached hydrogens (primary N) is 1. The molecule has 0 aromatic rings. The fourth-order valence-corrected chi connectivity index (χ4v) is 1.46. The van der Waals surface area contributed by atoms with Crippen molar-refractivity contribution in [2.45, 2.75) is 19.9 Å². The summed E-state index contributed by atoms with van der Waals surface area (Å²) in [5.41, 5.74) is 5.30. The molecule has 0 aromatic heterocycles. The Morgan fingerprint density at radius 2 is 2.21 bits per heavy atom. The normalized spacial score (nSPS) is 16.1. The number of nitrogens with one attached hydrogen (secondary N) is 1. The fourth-order valence-electron chi connectivity index (χ4n) is 0.880. The van der Waals surface area contributed by atoms with Crippen molar-refractivity contribution in [2.24, 2.45) is 16.8 Å². The van der Waals surface area contributed by atoms with E-state index in [2.05, 4.69) is 10.5 Å². The number of thioether (sulfide) groups is 1. The molecule has 0 heterocycles. The van der Waals surface area contributed by atoms with E-state index in [4.69, 9.17) is 10.9 Å². The van der Waals surface area contributed by atoms with Crippen molar-refractivity contribution in [3.05, 3.63) is 0 Å². The van der Waals surface area contributed by atoms with E-state index in [1.807, 2.05) is 13.2 Å². The first kappa shape index (κ1) is 13.1. The number of amides is 1. The van der Waals surface area contributed by atoms with Gasteiger partial charge < -0.3 is 16.3 Å². The molecule has 0 aliphatic heterocycles. The van der Waals surface area contributed by atoms with E-state index in [1.165, 1.54) is 0 Å². The summed E-state index contributed by atoms with van der Waals surface area (Å²) in [5.74, 6) is -0.0424. The second-order valence-electron chi connectivity index (χ2n) is 3.11. The maximum absolute atomic E-state index is 11.4. The van der Waals surface area contributed by atoms with E-state index in [1.54, 1.807) is 18.7 Å². The molecular formula is C8H17N3O2S. The molecule has 0 spiro atoms. The number of amidine groups is 1. The van der Waals surface area contributed by atoms with Crippen LogP contribution < -0.4 is 11.1 Å². The molecule has 0 aliphatic carbocycles. The molecule has 0 radical (unpaired) electrons. The molecule has 14 heavy (non-hydrogen) atoms. The zero-order chi connectivity index (χ0) is 11.1. The third-order valence-corrected chi connectivity index (χ3v) is 2.59. The van der Waals surface area contributed by atoms with Gasteiger partial charge in [0, 0.05) is 11.8 Å². The van der Waals surface area contributed by atoms with E-state index in [9.17, 15) is 4.79 Å². The number of oxime groups is 1. The van der Waals surface area contributed by atoms with E-state index in [0.29, 0.717) is 0 Å². The molecule has 2 unspecified atom stereocenters. The maximum Gasteiger partial charge on any atom is 0.230 e. The average molecular weight is 219 g/mol. The summed E-state index contributed by atoms with van der Waals surface area (Å²) in [7, 11) is 0. The zero-order valence-electron chi connectivity index (χ0n) is 8.65. The van der Waals surface area contributed by atoms with Gasteiger partial charge >= 0.3 is 0 Å². The van der Waals surface area contributed by atoms with Gasteiger partial charge in [0.25, 0.3) is 0 Å². The zero-order valence-corrected chi connectivity index (χ0v) is 9.47. The molecule has 82 valence electrons. The molecule has 0 saturated carbocycles. The molecule has 0 fully saturated rings. The molecule has 2 atom stereocenters. The van der Waals surface area contributed by atoms with Gasteiger partial charge in [0.1, 0.15) is 0 Å². The van der Waals surface area contributed by atoms with Crippen LogP contribution in [0.1, 0.15) is 13.8 Å². The van der Waals surface area contributed by atoms with Crippen LogP contribution in [0.25, 0.3) is 0 Å². The van der Waals surface area contributed by atoms with Gasteiger partial charge in [-0.2, -0.15) is 11.8 Å². The van der Waals surface area contributed by atoms with Crippen molar-refractivity contribution in [2.75, 3.05) is 12.0 Å². The number of hydrogen-bond donors (Lipinski definition) is 3. The average Bonchev–Trinajstić information content (AvgIpc) is 2.15. The molecule has 5 nitrogen and oxygen atoms in total. The molecule has 0 rings (SSSR count). The number of hydrogen-bond acceptors (Lipinski definition) is 4. The lowest BCUT2D eigenvalue weighted by molar-refractivity contribution is -0.123. The summed E-state index contributed by atoms with van der Waals surface area (Å²) in [6.45, 7) is 3.50. The summed E-state index contributed by atoms with van der Waals surface area (Å²) >= 11 is 1.65. The Bertz CT molecular complexity index is 221. The van der Waals surface area contributed by atoms with E-state index in [-0.39, 0.29) is 17.8 Å². The van der Waals surface area contributed by atoms with Crippen LogP contribution in [-0.2, 0) is 4.79 Å². The second kappa shape index (κ2) is 6.53. The van der Waals surface area contributed by atoms with Gasteiger partial charge in [0.15, 0.2) is 5.84 Å². The summed E-state index contributed by atoms with van der Waals surface area (Å²) in [6, 6.07) is 0.0893. The van der Waals surface area contributed by atoms with Crippen molar-refractivity contribution in [3.63, 3.8) is 0 Å². The van der Waals surface area contributed by atoms with Crippen molar-refractivity contribution >= 4 is 23.5 Å². The van der Waals surface area contributed by atoms with Crippen LogP contribution in [0, 0.1) is 5.92 Å². The number of rotatable bonds is 5. The van der Waals surface area contributed by atoms with Crippen LogP contribution in [0.4, 0.5) is 0 Å². The Hall–Kier alpha value is -0.910. The van der Waals surface area contributed by atoms with Gasteiger partial charge in [-0.15, -0.1) is 0 Å². The van der Waals surface area contributed by atoms with Crippen molar-refractivity contribution in [1.29, 1.82) is 0 Å². The summed E-state index contributed by atoms with van der Waals surface area (Å²) in [4.78, 5) is 11.4.